The molecule has 0 N–H and O–H groups in total. The van der Waals surface area contributed by atoms with Crippen LogP contribution < -0.4 is 9.47 Å². The lowest BCUT2D eigenvalue weighted by molar-refractivity contribution is -0.385. The maximum Gasteiger partial charge on any atom is 0.286 e. The van der Waals surface area contributed by atoms with Crippen molar-refractivity contribution in [3.63, 3.8) is 0 Å². The van der Waals surface area contributed by atoms with Gasteiger partial charge in [0.15, 0.2) is 11.5 Å². The Balaban J connectivity index is 2.43. The van der Waals surface area contributed by atoms with Gasteiger partial charge in [-0.15, -0.1) is 0 Å². The highest BCUT2D eigenvalue weighted by Gasteiger charge is 2.29. The van der Waals surface area contributed by atoms with Gasteiger partial charge < -0.3 is 14.4 Å². The third kappa shape index (κ3) is 4.33. The Labute approximate surface area is 156 Å². The Bertz CT molecular complexity index is 839. The molecule has 1 atom stereocenters. The molecule has 1 unspecified atom stereocenters. The largest absolute Gasteiger partial charge is 0.493 e. The lowest BCUT2D eigenvalue weighted by Gasteiger charge is -2.25. The second kappa shape index (κ2) is 8.48. The molecule has 0 heterocycles. The normalized spacial score (nSPS) is 11.6. The second-order valence-corrected chi connectivity index (χ2v) is 5.85. The first-order chi connectivity index (χ1) is 12.8. The lowest BCUT2D eigenvalue weighted by atomic mass is 10.0. The van der Waals surface area contributed by atoms with E-state index in [2.05, 4.69) is 0 Å². The molecule has 0 spiro atoms. The molecule has 2 aromatic rings. The Hall–Kier alpha value is -3.16. The molecule has 0 saturated carbocycles. The number of benzene rings is 2. The minimum Gasteiger partial charge on any atom is -0.493 e. The van der Waals surface area contributed by atoms with E-state index < -0.39 is 16.9 Å². The van der Waals surface area contributed by atoms with E-state index in [0.717, 1.165) is 0 Å². The summed E-state index contributed by atoms with van der Waals surface area (Å²) in [6.45, 7) is 3.79. The van der Waals surface area contributed by atoms with E-state index >= 15 is 0 Å². The summed E-state index contributed by atoms with van der Waals surface area (Å²) >= 11 is 0. The molecule has 2 rings (SSSR count). The van der Waals surface area contributed by atoms with Crippen molar-refractivity contribution in [3.05, 3.63) is 63.5 Å². The van der Waals surface area contributed by atoms with Crippen LogP contribution in [0.25, 0.3) is 0 Å². The van der Waals surface area contributed by atoms with Gasteiger partial charge in [-0.2, -0.15) is 0 Å². The average molecular weight is 376 g/mol. The number of nitro benzene ring substituents is 1. The van der Waals surface area contributed by atoms with Crippen LogP contribution in [0.5, 0.6) is 11.5 Å². The highest BCUT2D eigenvalue weighted by Crippen LogP contribution is 2.36. The van der Waals surface area contributed by atoms with Crippen molar-refractivity contribution in [2.75, 3.05) is 20.8 Å². The summed E-state index contributed by atoms with van der Waals surface area (Å²) in [6, 6.07) is 7.80. The van der Waals surface area contributed by atoms with Crippen molar-refractivity contribution in [1.29, 1.82) is 0 Å². The summed E-state index contributed by atoms with van der Waals surface area (Å²) in [5, 5.41) is 11.5. The molecule has 7 nitrogen and oxygen atoms in total. The minimum atomic E-state index is -0.633. The molecule has 27 heavy (non-hydrogen) atoms. The van der Waals surface area contributed by atoms with Crippen LogP contribution in [-0.4, -0.2) is 36.5 Å². The summed E-state index contributed by atoms with van der Waals surface area (Å²) in [5.74, 6) is -0.516. The topological polar surface area (TPSA) is 81.9 Å². The van der Waals surface area contributed by atoms with E-state index in [0.29, 0.717) is 12.2 Å². The van der Waals surface area contributed by atoms with Crippen LogP contribution in [-0.2, 0) is 0 Å². The summed E-state index contributed by atoms with van der Waals surface area (Å²) in [6.07, 6.45) is 0. The fraction of sp³-hybridized carbons (Fsp3) is 0.316. The Morgan fingerprint density at radius 2 is 1.89 bits per heavy atom. The summed E-state index contributed by atoms with van der Waals surface area (Å²) in [7, 11) is 2.92. The van der Waals surface area contributed by atoms with E-state index in [1.165, 1.54) is 43.3 Å². The number of nitro groups is 1. The van der Waals surface area contributed by atoms with Crippen molar-refractivity contribution in [3.8, 4) is 11.5 Å². The summed E-state index contributed by atoms with van der Waals surface area (Å²) < 4.78 is 23.7. The predicted octanol–water partition coefficient (Wildman–Crippen LogP) is 3.97. The van der Waals surface area contributed by atoms with Crippen LogP contribution in [0.15, 0.2) is 36.4 Å². The maximum atomic E-state index is 13.1. The second-order valence-electron chi connectivity index (χ2n) is 5.85. The standard InChI is InChI=1S/C19H21FN2O5/c1-5-27-18-11-16(22(24)25)15(10-17(18)26-4)19(23)21(3)12(2)13-6-8-14(20)9-7-13/h6-12H,5H2,1-4H3. The number of ether oxygens (including phenoxy) is 2. The van der Waals surface area contributed by atoms with Gasteiger partial charge in [0.2, 0.25) is 0 Å². The molecule has 2 aromatic carbocycles. The van der Waals surface area contributed by atoms with Gasteiger partial charge in [0.1, 0.15) is 11.4 Å². The van der Waals surface area contributed by atoms with Gasteiger partial charge in [-0.1, -0.05) is 12.1 Å². The molecule has 0 aliphatic rings. The number of halogens is 1. The average Bonchev–Trinajstić information content (AvgIpc) is 2.66. The highest BCUT2D eigenvalue weighted by atomic mass is 19.1. The van der Waals surface area contributed by atoms with E-state index in [1.807, 2.05) is 0 Å². The first kappa shape index (κ1) is 20.2. The van der Waals surface area contributed by atoms with Gasteiger partial charge >= 0.3 is 0 Å². The van der Waals surface area contributed by atoms with E-state index in [4.69, 9.17) is 9.47 Å². The molecule has 1 amide bonds. The van der Waals surface area contributed by atoms with Gasteiger partial charge in [-0.25, -0.2) is 4.39 Å². The van der Waals surface area contributed by atoms with Gasteiger partial charge in [-0.3, -0.25) is 14.9 Å². The number of rotatable bonds is 7. The van der Waals surface area contributed by atoms with Crippen molar-refractivity contribution < 1.29 is 23.6 Å². The molecule has 144 valence electrons. The van der Waals surface area contributed by atoms with Crippen LogP contribution >= 0.6 is 0 Å². The van der Waals surface area contributed by atoms with Crippen LogP contribution in [0.3, 0.4) is 0 Å². The summed E-state index contributed by atoms with van der Waals surface area (Å²) in [5.41, 5.74) is 0.215. The number of nitrogens with zero attached hydrogens (tertiary/aromatic N) is 2. The zero-order valence-corrected chi connectivity index (χ0v) is 15.6. The van der Waals surface area contributed by atoms with Crippen LogP contribution in [0.4, 0.5) is 10.1 Å². The Kier molecular flexibility index (Phi) is 6.33. The maximum absolute atomic E-state index is 13.1. The number of methoxy groups -OCH3 is 1. The molecule has 8 heteroatoms. The number of hydrogen-bond acceptors (Lipinski definition) is 5. The molecular formula is C19H21FN2O5. The van der Waals surface area contributed by atoms with E-state index in [9.17, 15) is 19.3 Å². The summed E-state index contributed by atoms with van der Waals surface area (Å²) in [4.78, 5) is 25.1. The molecule has 0 bridgehead atoms. The fourth-order valence-corrected chi connectivity index (χ4v) is 2.63. The van der Waals surface area contributed by atoms with Gasteiger partial charge in [0.25, 0.3) is 11.6 Å². The van der Waals surface area contributed by atoms with E-state index in [1.54, 1.807) is 26.0 Å². The smallest absolute Gasteiger partial charge is 0.286 e. The van der Waals surface area contributed by atoms with E-state index in [-0.39, 0.29) is 28.6 Å². The minimum absolute atomic E-state index is 0.114. The number of hydrogen-bond donors (Lipinski definition) is 0. The predicted molar refractivity (Wildman–Crippen MR) is 97.7 cm³/mol. The first-order valence-corrected chi connectivity index (χ1v) is 8.32. The molecule has 0 fully saturated rings. The zero-order chi connectivity index (χ0) is 20.1. The van der Waals surface area contributed by atoms with Gasteiger partial charge in [0.05, 0.1) is 30.7 Å². The van der Waals surface area contributed by atoms with Gasteiger partial charge in [0, 0.05) is 13.1 Å². The Morgan fingerprint density at radius 3 is 2.41 bits per heavy atom. The molecular weight excluding hydrogens is 355 g/mol. The van der Waals surface area contributed by atoms with Crippen LogP contribution in [0.1, 0.15) is 35.8 Å². The molecule has 0 aliphatic carbocycles. The third-order valence-electron chi connectivity index (χ3n) is 4.26. The molecule has 0 aliphatic heterocycles. The quantitative estimate of drug-likeness (QED) is 0.539. The first-order valence-electron chi connectivity index (χ1n) is 8.32. The zero-order valence-electron chi connectivity index (χ0n) is 15.6. The van der Waals surface area contributed by atoms with Gasteiger partial charge in [-0.05, 0) is 31.5 Å². The molecule has 0 radical (unpaired) electrons. The number of carbonyl (C=O) groups is 1. The van der Waals surface area contributed by atoms with Crippen molar-refractivity contribution >= 4 is 11.6 Å². The number of carbonyl (C=O) groups excluding carboxylic acids is 1. The van der Waals surface area contributed by atoms with Crippen molar-refractivity contribution in [1.82, 2.24) is 4.90 Å². The SMILES string of the molecule is CCOc1cc([N+](=O)[O-])c(C(=O)N(C)C(C)c2ccc(F)cc2)cc1OC. The molecule has 0 aromatic heterocycles. The third-order valence-corrected chi connectivity index (χ3v) is 4.26. The van der Waals surface area contributed by atoms with Crippen LogP contribution in [0, 0.1) is 15.9 Å². The van der Waals surface area contributed by atoms with Crippen molar-refractivity contribution in [2.45, 2.75) is 19.9 Å². The van der Waals surface area contributed by atoms with Crippen molar-refractivity contribution in [2.24, 2.45) is 0 Å². The lowest BCUT2D eigenvalue weighted by Crippen LogP contribution is -2.30. The number of amides is 1. The monoisotopic (exact) mass is 376 g/mol. The fourth-order valence-electron chi connectivity index (χ4n) is 2.63. The van der Waals surface area contributed by atoms with Crippen LogP contribution in [0.2, 0.25) is 0 Å². The Morgan fingerprint density at radius 1 is 1.26 bits per heavy atom. The molecule has 0 saturated heterocycles. The highest BCUT2D eigenvalue weighted by molar-refractivity contribution is 5.99.